The molecule has 0 unspecified atom stereocenters. The van der Waals surface area contributed by atoms with Crippen LogP contribution < -0.4 is 5.32 Å². The fraction of sp³-hybridized carbons (Fsp3) is 0.500. The maximum absolute atomic E-state index is 13.5. The molecule has 2 fully saturated rings. The van der Waals surface area contributed by atoms with Crippen LogP contribution in [0.1, 0.15) is 37.3 Å². The van der Waals surface area contributed by atoms with E-state index in [4.69, 9.17) is 4.74 Å². The SMILES string of the molecule is CCOCCNC(=O)[C@]1(Cc2ccccc2)C[C@@H]2CC[C@H]1N2Cc1ccncc1. The van der Waals surface area contributed by atoms with E-state index in [9.17, 15) is 4.79 Å². The number of ether oxygens (including phenoxy) is 1. The topological polar surface area (TPSA) is 54.5 Å². The number of nitrogens with zero attached hydrogens (tertiary/aromatic N) is 2. The average Bonchev–Trinajstić information content (AvgIpc) is 3.27. The second-order valence-electron chi connectivity index (χ2n) is 8.25. The van der Waals surface area contributed by atoms with Gasteiger partial charge >= 0.3 is 0 Å². The third kappa shape index (κ3) is 4.21. The zero-order valence-corrected chi connectivity index (χ0v) is 17.2. The van der Waals surface area contributed by atoms with Crippen molar-refractivity contribution in [3.8, 4) is 0 Å². The normalized spacial score (nSPS) is 26.0. The van der Waals surface area contributed by atoms with Gasteiger partial charge in [0.2, 0.25) is 5.91 Å². The Morgan fingerprint density at radius 2 is 1.97 bits per heavy atom. The quantitative estimate of drug-likeness (QED) is 0.665. The van der Waals surface area contributed by atoms with Gasteiger partial charge in [-0.1, -0.05) is 30.3 Å². The maximum atomic E-state index is 13.5. The summed E-state index contributed by atoms with van der Waals surface area (Å²) >= 11 is 0. The molecule has 0 spiro atoms. The van der Waals surface area contributed by atoms with Crippen LogP contribution >= 0.6 is 0 Å². The van der Waals surface area contributed by atoms with Gasteiger partial charge in [-0.05, 0) is 55.9 Å². The summed E-state index contributed by atoms with van der Waals surface area (Å²) < 4.78 is 5.43. The minimum absolute atomic E-state index is 0.188. The van der Waals surface area contributed by atoms with Crippen molar-refractivity contribution in [1.82, 2.24) is 15.2 Å². The van der Waals surface area contributed by atoms with E-state index in [1.165, 1.54) is 17.5 Å². The zero-order valence-electron chi connectivity index (χ0n) is 17.2. The number of hydrogen-bond donors (Lipinski definition) is 1. The van der Waals surface area contributed by atoms with E-state index in [1.807, 2.05) is 25.4 Å². The monoisotopic (exact) mass is 393 g/mol. The largest absolute Gasteiger partial charge is 0.380 e. The number of pyridine rings is 1. The third-order valence-corrected chi connectivity index (χ3v) is 6.55. The van der Waals surface area contributed by atoms with Crippen LogP contribution in [0.5, 0.6) is 0 Å². The maximum Gasteiger partial charge on any atom is 0.228 e. The van der Waals surface area contributed by atoms with Crippen LogP contribution in [-0.2, 0) is 22.5 Å². The van der Waals surface area contributed by atoms with Crippen LogP contribution in [0.2, 0.25) is 0 Å². The number of carbonyl (C=O) groups excluding carboxylic acids is 1. The smallest absolute Gasteiger partial charge is 0.228 e. The minimum atomic E-state index is -0.372. The van der Waals surface area contributed by atoms with Gasteiger partial charge in [0.1, 0.15) is 0 Å². The lowest BCUT2D eigenvalue weighted by atomic mass is 9.69. The molecule has 3 atom stereocenters. The number of carbonyl (C=O) groups is 1. The molecule has 2 bridgehead atoms. The summed E-state index contributed by atoms with van der Waals surface area (Å²) in [4.78, 5) is 20.2. The summed E-state index contributed by atoms with van der Waals surface area (Å²) in [5.74, 6) is 0.188. The number of nitrogens with one attached hydrogen (secondary N) is 1. The Morgan fingerprint density at radius 1 is 1.17 bits per heavy atom. The van der Waals surface area contributed by atoms with Crippen molar-refractivity contribution < 1.29 is 9.53 Å². The minimum Gasteiger partial charge on any atom is -0.380 e. The summed E-state index contributed by atoms with van der Waals surface area (Å²) in [5, 5.41) is 3.19. The van der Waals surface area contributed by atoms with E-state index >= 15 is 0 Å². The lowest BCUT2D eigenvalue weighted by Gasteiger charge is -2.36. The Balaban J connectivity index is 1.56. The van der Waals surface area contributed by atoms with Gasteiger partial charge in [0, 0.05) is 44.2 Å². The first-order valence-electron chi connectivity index (χ1n) is 10.8. The highest BCUT2D eigenvalue weighted by Crippen LogP contribution is 2.52. The van der Waals surface area contributed by atoms with Gasteiger partial charge in [0.15, 0.2) is 0 Å². The van der Waals surface area contributed by atoms with Gasteiger partial charge in [-0.15, -0.1) is 0 Å². The number of aromatic nitrogens is 1. The molecule has 5 nitrogen and oxygen atoms in total. The molecule has 0 saturated carbocycles. The van der Waals surface area contributed by atoms with Crippen molar-refractivity contribution >= 4 is 5.91 Å². The van der Waals surface area contributed by atoms with Crippen molar-refractivity contribution in [2.45, 2.75) is 51.2 Å². The molecule has 4 rings (SSSR count). The summed E-state index contributed by atoms with van der Waals surface area (Å²) in [5.41, 5.74) is 2.14. The highest BCUT2D eigenvalue weighted by atomic mass is 16.5. The van der Waals surface area contributed by atoms with Crippen molar-refractivity contribution in [1.29, 1.82) is 0 Å². The molecule has 1 N–H and O–H groups in total. The Morgan fingerprint density at radius 3 is 2.72 bits per heavy atom. The van der Waals surface area contributed by atoms with Crippen LogP contribution in [-0.4, -0.2) is 47.6 Å². The van der Waals surface area contributed by atoms with Gasteiger partial charge in [0.05, 0.1) is 12.0 Å². The highest BCUT2D eigenvalue weighted by molar-refractivity contribution is 5.84. The molecular formula is C24H31N3O2. The molecule has 2 aliphatic rings. The number of amides is 1. The zero-order chi connectivity index (χ0) is 20.1. The molecule has 1 amide bonds. The van der Waals surface area contributed by atoms with Crippen molar-refractivity contribution in [2.24, 2.45) is 5.41 Å². The first-order chi connectivity index (χ1) is 14.2. The average molecular weight is 394 g/mol. The number of fused-ring (bicyclic) bond motifs is 2. The molecule has 154 valence electrons. The van der Waals surface area contributed by atoms with Crippen LogP contribution in [0.3, 0.4) is 0 Å². The highest BCUT2D eigenvalue weighted by Gasteiger charge is 2.59. The Bertz CT molecular complexity index is 798. The summed E-state index contributed by atoms with van der Waals surface area (Å²) in [6.45, 7) is 4.69. The van der Waals surface area contributed by atoms with Crippen LogP contribution in [0.25, 0.3) is 0 Å². The van der Waals surface area contributed by atoms with Crippen LogP contribution in [0.15, 0.2) is 54.9 Å². The Hall–Kier alpha value is -2.24. The van der Waals surface area contributed by atoms with Crippen LogP contribution in [0, 0.1) is 5.41 Å². The van der Waals surface area contributed by atoms with E-state index in [0.717, 1.165) is 25.8 Å². The van der Waals surface area contributed by atoms with Gasteiger partial charge in [-0.25, -0.2) is 0 Å². The second-order valence-corrected chi connectivity index (χ2v) is 8.25. The summed E-state index contributed by atoms with van der Waals surface area (Å²) in [6, 6.07) is 15.4. The first-order valence-corrected chi connectivity index (χ1v) is 10.8. The van der Waals surface area contributed by atoms with Gasteiger partial charge in [-0.2, -0.15) is 0 Å². The molecule has 3 heterocycles. The molecule has 2 aliphatic heterocycles. The molecule has 0 aliphatic carbocycles. The van der Waals surface area contributed by atoms with Crippen molar-refractivity contribution in [2.75, 3.05) is 19.8 Å². The van der Waals surface area contributed by atoms with Crippen molar-refractivity contribution in [3.63, 3.8) is 0 Å². The fourth-order valence-corrected chi connectivity index (χ4v) is 5.28. The fourth-order valence-electron chi connectivity index (χ4n) is 5.28. The van der Waals surface area contributed by atoms with E-state index < -0.39 is 0 Å². The van der Waals surface area contributed by atoms with Gasteiger partial charge < -0.3 is 10.1 Å². The number of rotatable bonds is 9. The van der Waals surface area contributed by atoms with Gasteiger partial charge in [-0.3, -0.25) is 14.7 Å². The number of hydrogen-bond acceptors (Lipinski definition) is 4. The van der Waals surface area contributed by atoms with E-state index in [0.29, 0.717) is 25.8 Å². The van der Waals surface area contributed by atoms with E-state index in [1.54, 1.807) is 0 Å². The van der Waals surface area contributed by atoms with Gasteiger partial charge in [0.25, 0.3) is 0 Å². The molecule has 1 aromatic carbocycles. The molecule has 2 aromatic rings. The predicted molar refractivity (Wildman–Crippen MR) is 113 cm³/mol. The molecule has 29 heavy (non-hydrogen) atoms. The Kier molecular flexibility index (Phi) is 6.26. The third-order valence-electron chi connectivity index (χ3n) is 6.55. The second kappa shape index (κ2) is 9.06. The van der Waals surface area contributed by atoms with Crippen LogP contribution in [0.4, 0.5) is 0 Å². The van der Waals surface area contributed by atoms with E-state index in [2.05, 4.69) is 51.6 Å². The van der Waals surface area contributed by atoms with E-state index in [-0.39, 0.29) is 17.4 Å². The molecule has 2 saturated heterocycles. The van der Waals surface area contributed by atoms with Crippen molar-refractivity contribution in [3.05, 3.63) is 66.0 Å². The first kappa shape index (κ1) is 20.0. The predicted octanol–water partition coefficient (Wildman–Crippen LogP) is 3.20. The summed E-state index contributed by atoms with van der Waals surface area (Å²) in [6.07, 6.45) is 7.69. The molecule has 0 radical (unpaired) electrons. The standard InChI is InChI=1S/C24H31N3O2/c1-2-29-15-14-26-23(28)24(16-19-6-4-3-5-7-19)17-21-8-9-22(24)27(21)18-20-10-12-25-13-11-20/h3-7,10-13,21-22H,2,8-9,14-18H2,1H3,(H,26,28)/t21-,22+,24+/m0/s1. The lowest BCUT2D eigenvalue weighted by molar-refractivity contribution is -0.133. The molecular weight excluding hydrogens is 362 g/mol. The molecule has 5 heteroatoms. The molecule has 1 aromatic heterocycles. The lowest BCUT2D eigenvalue weighted by Crippen LogP contribution is -2.51. The summed E-state index contributed by atoms with van der Waals surface area (Å²) in [7, 11) is 0. The number of benzene rings is 1. The Labute approximate surface area is 173 Å².